The molecule has 1 N–H and O–H groups in total. The molecule has 1 fully saturated rings. The van der Waals surface area contributed by atoms with Crippen molar-refractivity contribution in [3.63, 3.8) is 0 Å². The fraction of sp³-hybridized carbons (Fsp3) is 0.278. The summed E-state index contributed by atoms with van der Waals surface area (Å²) in [5.41, 5.74) is 3.29. The van der Waals surface area contributed by atoms with Gasteiger partial charge in [-0.25, -0.2) is 0 Å². The third-order valence-corrected chi connectivity index (χ3v) is 9.44. The van der Waals surface area contributed by atoms with Crippen molar-refractivity contribution in [2.24, 2.45) is 0 Å². The molecule has 1 aliphatic rings. The molecule has 45 heavy (non-hydrogen) atoms. The van der Waals surface area contributed by atoms with Gasteiger partial charge in [0.25, 0.3) is 5.56 Å². The fourth-order valence-electron chi connectivity index (χ4n) is 6.07. The molecule has 0 amide bonds. The van der Waals surface area contributed by atoms with Gasteiger partial charge in [-0.3, -0.25) is 19.2 Å². The number of pyridine rings is 2. The Kier molecular flexibility index (Phi) is 8.75. The number of thiophene rings is 1. The van der Waals surface area contributed by atoms with Crippen LogP contribution in [0, 0.1) is 0 Å². The van der Waals surface area contributed by atoms with E-state index in [0.717, 1.165) is 61.9 Å². The number of hydrogen-bond acceptors (Lipinski definition) is 8. The summed E-state index contributed by atoms with van der Waals surface area (Å²) in [7, 11) is 0. The Balaban J connectivity index is 0.906. The van der Waals surface area contributed by atoms with Gasteiger partial charge in [0.2, 0.25) is 0 Å². The first-order valence-corrected chi connectivity index (χ1v) is 16.3. The quantitative estimate of drug-likeness (QED) is 0.132. The number of fused-ring (bicyclic) bond motifs is 3. The maximum absolute atomic E-state index is 12.8. The van der Waals surface area contributed by atoms with Crippen LogP contribution in [0.15, 0.2) is 101 Å². The van der Waals surface area contributed by atoms with E-state index in [0.29, 0.717) is 23.4 Å². The molecule has 230 valence electrons. The van der Waals surface area contributed by atoms with Crippen LogP contribution in [0.5, 0.6) is 5.75 Å². The van der Waals surface area contributed by atoms with Gasteiger partial charge in [0.1, 0.15) is 12.5 Å². The van der Waals surface area contributed by atoms with Crippen molar-refractivity contribution < 1.29 is 14.6 Å². The number of piperazine rings is 1. The molecule has 1 saturated heterocycles. The lowest BCUT2D eigenvalue weighted by atomic mass is 10.1. The Labute approximate surface area is 265 Å². The van der Waals surface area contributed by atoms with Crippen LogP contribution in [0.2, 0.25) is 0 Å². The van der Waals surface area contributed by atoms with E-state index in [9.17, 15) is 9.90 Å². The SMILES string of the molecule is O=c1ccc2ccc(OCCCCN3CCN(c4cccc5sccc45)CC3)cc2n1COC(O)c1ccc2ncccc2c1. The number of ether oxygens (including phenoxy) is 2. The van der Waals surface area contributed by atoms with E-state index >= 15 is 0 Å². The summed E-state index contributed by atoms with van der Waals surface area (Å²) >= 11 is 1.80. The van der Waals surface area contributed by atoms with Gasteiger partial charge in [-0.2, -0.15) is 0 Å². The van der Waals surface area contributed by atoms with Gasteiger partial charge in [-0.05, 0) is 84.7 Å². The summed E-state index contributed by atoms with van der Waals surface area (Å²) in [6.07, 6.45) is 2.56. The molecule has 0 spiro atoms. The normalized spacial score (nSPS) is 14.8. The number of hydrogen-bond donors (Lipinski definition) is 1. The Morgan fingerprint density at radius 2 is 1.78 bits per heavy atom. The van der Waals surface area contributed by atoms with Crippen molar-refractivity contribution in [3.05, 3.63) is 112 Å². The molecule has 8 nitrogen and oxygen atoms in total. The minimum atomic E-state index is -1.19. The lowest BCUT2D eigenvalue weighted by Gasteiger charge is -2.36. The number of benzene rings is 3. The molecule has 0 radical (unpaired) electrons. The van der Waals surface area contributed by atoms with Crippen molar-refractivity contribution in [2.45, 2.75) is 25.9 Å². The van der Waals surface area contributed by atoms with E-state index in [1.54, 1.807) is 29.7 Å². The van der Waals surface area contributed by atoms with Crippen molar-refractivity contribution in [2.75, 3.05) is 44.2 Å². The summed E-state index contributed by atoms with van der Waals surface area (Å²) < 4.78 is 14.7. The topological polar surface area (TPSA) is 80.1 Å². The average Bonchev–Trinajstić information content (AvgIpc) is 3.57. The summed E-state index contributed by atoms with van der Waals surface area (Å²) in [6.45, 7) is 5.80. The molecule has 7 rings (SSSR count). The second-order valence-corrected chi connectivity index (χ2v) is 12.4. The van der Waals surface area contributed by atoms with E-state index in [-0.39, 0.29) is 12.3 Å². The van der Waals surface area contributed by atoms with Gasteiger partial charge >= 0.3 is 0 Å². The number of aliphatic hydroxyl groups is 1. The second kappa shape index (κ2) is 13.4. The summed E-state index contributed by atoms with van der Waals surface area (Å²) in [5, 5.41) is 16.1. The molecule has 0 aliphatic carbocycles. The highest BCUT2D eigenvalue weighted by Gasteiger charge is 2.18. The van der Waals surface area contributed by atoms with Gasteiger partial charge in [0.15, 0.2) is 6.29 Å². The van der Waals surface area contributed by atoms with Crippen LogP contribution in [-0.2, 0) is 11.5 Å². The van der Waals surface area contributed by atoms with Crippen LogP contribution in [0.3, 0.4) is 0 Å². The van der Waals surface area contributed by atoms with E-state index < -0.39 is 6.29 Å². The zero-order chi connectivity index (χ0) is 30.6. The third kappa shape index (κ3) is 6.57. The molecule has 1 aliphatic heterocycles. The van der Waals surface area contributed by atoms with Crippen molar-refractivity contribution in [1.82, 2.24) is 14.5 Å². The van der Waals surface area contributed by atoms with Crippen LogP contribution < -0.4 is 15.2 Å². The van der Waals surface area contributed by atoms with Crippen molar-refractivity contribution in [3.8, 4) is 5.75 Å². The lowest BCUT2D eigenvalue weighted by molar-refractivity contribution is -0.129. The number of anilines is 1. The summed E-state index contributed by atoms with van der Waals surface area (Å²) in [4.78, 5) is 22.2. The van der Waals surface area contributed by atoms with E-state index in [4.69, 9.17) is 9.47 Å². The maximum Gasteiger partial charge on any atom is 0.252 e. The largest absolute Gasteiger partial charge is 0.494 e. The minimum absolute atomic E-state index is 0.0957. The van der Waals surface area contributed by atoms with Gasteiger partial charge in [0.05, 0.1) is 17.6 Å². The molecule has 0 bridgehead atoms. The smallest absolute Gasteiger partial charge is 0.252 e. The highest BCUT2D eigenvalue weighted by atomic mass is 32.1. The van der Waals surface area contributed by atoms with Gasteiger partial charge in [-0.1, -0.05) is 18.2 Å². The predicted octanol–water partition coefficient (Wildman–Crippen LogP) is 6.41. The Morgan fingerprint density at radius 3 is 2.69 bits per heavy atom. The Hall–Kier alpha value is -4.28. The first kappa shape index (κ1) is 29.4. The maximum atomic E-state index is 12.8. The molecule has 3 aromatic heterocycles. The van der Waals surface area contributed by atoms with Gasteiger partial charge in [-0.15, -0.1) is 11.3 Å². The van der Waals surface area contributed by atoms with Gasteiger partial charge < -0.3 is 19.5 Å². The van der Waals surface area contributed by atoms with Crippen LogP contribution in [-0.4, -0.2) is 58.9 Å². The zero-order valence-corrected chi connectivity index (χ0v) is 25.9. The number of nitrogens with zero attached hydrogens (tertiary/aromatic N) is 4. The minimum Gasteiger partial charge on any atom is -0.494 e. The Bertz CT molecular complexity index is 1980. The molecule has 1 atom stereocenters. The molecular formula is C36H36N4O4S. The van der Waals surface area contributed by atoms with Crippen LogP contribution in [0.4, 0.5) is 5.69 Å². The Morgan fingerprint density at radius 1 is 0.889 bits per heavy atom. The molecule has 3 aromatic carbocycles. The third-order valence-electron chi connectivity index (χ3n) is 8.56. The number of aliphatic hydroxyl groups excluding tert-OH is 1. The highest BCUT2D eigenvalue weighted by molar-refractivity contribution is 7.17. The highest BCUT2D eigenvalue weighted by Crippen LogP contribution is 2.31. The summed E-state index contributed by atoms with van der Waals surface area (Å²) in [5.74, 6) is 0.709. The molecule has 0 saturated carbocycles. The fourth-order valence-corrected chi connectivity index (χ4v) is 6.88. The summed E-state index contributed by atoms with van der Waals surface area (Å²) in [6, 6.07) is 27.2. The van der Waals surface area contributed by atoms with Crippen molar-refractivity contribution in [1.29, 1.82) is 0 Å². The second-order valence-electron chi connectivity index (χ2n) is 11.4. The van der Waals surface area contributed by atoms with Gasteiger partial charge in [0, 0.05) is 71.2 Å². The van der Waals surface area contributed by atoms with E-state index in [1.807, 2.05) is 42.5 Å². The average molecular weight is 621 g/mol. The van der Waals surface area contributed by atoms with E-state index in [1.165, 1.54) is 26.4 Å². The molecule has 6 aromatic rings. The number of aromatic nitrogens is 2. The molecule has 1 unspecified atom stereocenters. The lowest BCUT2D eigenvalue weighted by Crippen LogP contribution is -2.46. The van der Waals surface area contributed by atoms with Crippen molar-refractivity contribution >= 4 is 48.9 Å². The van der Waals surface area contributed by atoms with Crippen LogP contribution >= 0.6 is 11.3 Å². The number of rotatable bonds is 11. The van der Waals surface area contributed by atoms with Crippen LogP contribution in [0.25, 0.3) is 31.9 Å². The van der Waals surface area contributed by atoms with Crippen LogP contribution in [0.1, 0.15) is 24.7 Å². The molecule has 9 heteroatoms. The standard InChI is InChI=1S/C36H36N4O4S/c41-35-13-10-26-8-11-29(24-33(26)40(35)25-44-36(42)28-9-12-31-27(23-28)5-4-15-37-31)43-21-2-1-16-38-17-19-39(20-18-38)32-6-3-7-34-30(32)14-22-45-34/h3-15,22-24,36,42H,1-2,16-21,25H2. The predicted molar refractivity (Wildman–Crippen MR) is 181 cm³/mol. The first-order chi connectivity index (χ1) is 22.1. The molecule has 4 heterocycles. The van der Waals surface area contributed by atoms with E-state index in [2.05, 4.69) is 44.4 Å². The monoisotopic (exact) mass is 620 g/mol. The molecular weight excluding hydrogens is 584 g/mol. The zero-order valence-electron chi connectivity index (χ0n) is 25.0. The first-order valence-electron chi connectivity index (χ1n) is 15.5. The number of unbranched alkanes of at least 4 members (excludes halogenated alkanes) is 1.